The Kier molecular flexibility index (Phi) is 5.33. The Morgan fingerprint density at radius 3 is 2.22 bits per heavy atom. The lowest BCUT2D eigenvalue weighted by atomic mass is 9.92. The minimum absolute atomic E-state index is 0.0965. The first-order valence-corrected chi connectivity index (χ1v) is 10.1. The molecule has 0 unspecified atom stereocenters. The molecule has 0 amide bonds. The van der Waals surface area contributed by atoms with Crippen molar-refractivity contribution in [2.45, 2.75) is 42.4 Å². The van der Waals surface area contributed by atoms with Gasteiger partial charge in [-0.2, -0.15) is 13.2 Å². The smallest absolute Gasteiger partial charge is 0.375 e. The molecule has 4 nitrogen and oxygen atoms in total. The average molecular weight is 399 g/mol. The summed E-state index contributed by atoms with van der Waals surface area (Å²) >= 11 is 0. The Hall–Kier alpha value is -1.90. The lowest BCUT2D eigenvalue weighted by molar-refractivity contribution is -0.263. The van der Waals surface area contributed by atoms with Crippen molar-refractivity contribution in [2.75, 3.05) is 6.54 Å². The first-order valence-electron chi connectivity index (χ1n) is 8.60. The molecule has 0 spiro atoms. The summed E-state index contributed by atoms with van der Waals surface area (Å²) in [6, 6.07) is 11.0. The quantitative estimate of drug-likeness (QED) is 0.811. The first-order chi connectivity index (χ1) is 12.6. The van der Waals surface area contributed by atoms with E-state index in [1.807, 2.05) is 4.72 Å². The molecule has 2 N–H and O–H groups in total. The minimum atomic E-state index is -5.05. The second-order valence-corrected chi connectivity index (χ2v) is 8.45. The monoisotopic (exact) mass is 399 g/mol. The number of rotatable bonds is 5. The maximum absolute atomic E-state index is 13.5. The summed E-state index contributed by atoms with van der Waals surface area (Å²) in [5.41, 5.74) is -1.78. The first kappa shape index (κ1) is 19.9. The van der Waals surface area contributed by atoms with Gasteiger partial charge in [-0.1, -0.05) is 36.4 Å². The molecule has 0 saturated heterocycles. The molecule has 2 aromatic rings. The summed E-state index contributed by atoms with van der Waals surface area (Å²) in [5.74, 6) is 0. The number of aryl methyl sites for hydroxylation is 2. The highest BCUT2D eigenvalue weighted by Crippen LogP contribution is 2.38. The Bertz CT molecular complexity index is 914. The number of aliphatic hydroxyl groups is 1. The van der Waals surface area contributed by atoms with Crippen LogP contribution in [0.5, 0.6) is 0 Å². The van der Waals surface area contributed by atoms with Crippen molar-refractivity contribution in [3.63, 3.8) is 0 Å². The summed E-state index contributed by atoms with van der Waals surface area (Å²) in [7, 11) is -4.21. The molecule has 0 heterocycles. The predicted molar refractivity (Wildman–Crippen MR) is 94.7 cm³/mol. The number of sulfonamides is 1. The van der Waals surface area contributed by atoms with Crippen LogP contribution in [-0.4, -0.2) is 26.2 Å². The molecule has 2 aromatic carbocycles. The van der Waals surface area contributed by atoms with Gasteiger partial charge in [0.15, 0.2) is 5.60 Å². The van der Waals surface area contributed by atoms with Gasteiger partial charge in [-0.15, -0.1) is 0 Å². The van der Waals surface area contributed by atoms with E-state index in [9.17, 15) is 26.7 Å². The van der Waals surface area contributed by atoms with Gasteiger partial charge in [0.1, 0.15) is 0 Å². The average Bonchev–Trinajstić information content (AvgIpc) is 2.65. The molecule has 0 aliphatic heterocycles. The molecule has 0 aromatic heterocycles. The van der Waals surface area contributed by atoms with Crippen molar-refractivity contribution < 1.29 is 26.7 Å². The van der Waals surface area contributed by atoms with Gasteiger partial charge in [0.2, 0.25) is 10.0 Å². The lowest BCUT2D eigenvalue weighted by Gasteiger charge is -2.31. The lowest BCUT2D eigenvalue weighted by Crippen LogP contribution is -2.51. The normalized spacial score (nSPS) is 17.2. The SMILES string of the molecule is O=S(=O)(NC[C@](O)(c1ccccc1)C(F)(F)F)c1ccc2c(c1)CCCC2. The number of fused-ring (bicyclic) bond motifs is 1. The van der Waals surface area contributed by atoms with Crippen molar-refractivity contribution in [3.8, 4) is 0 Å². The van der Waals surface area contributed by atoms with Crippen LogP contribution >= 0.6 is 0 Å². The highest BCUT2D eigenvalue weighted by Gasteiger charge is 2.55. The fraction of sp³-hybridized carbons (Fsp3) is 0.368. The van der Waals surface area contributed by atoms with Crippen LogP contribution in [0, 0.1) is 0 Å². The number of halogens is 3. The molecule has 0 saturated carbocycles. The highest BCUT2D eigenvalue weighted by atomic mass is 32.2. The fourth-order valence-corrected chi connectivity index (χ4v) is 4.35. The van der Waals surface area contributed by atoms with E-state index in [2.05, 4.69) is 0 Å². The summed E-state index contributed by atoms with van der Waals surface area (Å²) in [5, 5.41) is 10.3. The molecule has 0 radical (unpaired) electrons. The van der Waals surface area contributed by atoms with Crippen LogP contribution in [-0.2, 0) is 28.5 Å². The van der Waals surface area contributed by atoms with Gasteiger partial charge in [0.25, 0.3) is 0 Å². The summed E-state index contributed by atoms with van der Waals surface area (Å²) < 4.78 is 67.5. The minimum Gasteiger partial charge on any atom is -0.375 e. The van der Waals surface area contributed by atoms with Gasteiger partial charge in [-0.3, -0.25) is 0 Å². The molecule has 146 valence electrons. The van der Waals surface area contributed by atoms with Gasteiger partial charge in [-0.25, -0.2) is 13.1 Å². The number of hydrogen-bond donors (Lipinski definition) is 2. The maximum atomic E-state index is 13.5. The largest absolute Gasteiger partial charge is 0.422 e. The number of hydrogen-bond acceptors (Lipinski definition) is 3. The Morgan fingerprint density at radius 2 is 1.59 bits per heavy atom. The van der Waals surface area contributed by atoms with Crippen LogP contribution in [0.4, 0.5) is 13.2 Å². The van der Waals surface area contributed by atoms with E-state index < -0.39 is 33.9 Å². The van der Waals surface area contributed by atoms with E-state index in [4.69, 9.17) is 0 Å². The third kappa shape index (κ3) is 4.02. The zero-order valence-corrected chi connectivity index (χ0v) is 15.3. The van der Waals surface area contributed by atoms with Crippen LogP contribution in [0.25, 0.3) is 0 Å². The van der Waals surface area contributed by atoms with Crippen LogP contribution in [0.15, 0.2) is 53.4 Å². The van der Waals surface area contributed by atoms with Gasteiger partial charge in [0.05, 0.1) is 11.4 Å². The van der Waals surface area contributed by atoms with Gasteiger partial charge in [0, 0.05) is 0 Å². The molecule has 8 heteroatoms. The molecule has 3 rings (SSSR count). The number of benzene rings is 2. The summed E-state index contributed by atoms with van der Waals surface area (Å²) in [6.45, 7) is -1.21. The van der Waals surface area contributed by atoms with E-state index in [1.54, 1.807) is 6.07 Å². The third-order valence-corrected chi connectivity index (χ3v) is 6.27. The summed E-state index contributed by atoms with van der Waals surface area (Å²) in [4.78, 5) is -0.0965. The maximum Gasteiger partial charge on any atom is 0.422 e. The molecule has 1 aliphatic rings. The van der Waals surface area contributed by atoms with Gasteiger partial charge >= 0.3 is 6.18 Å². The van der Waals surface area contributed by atoms with Crippen molar-refractivity contribution in [2.24, 2.45) is 0 Å². The molecule has 27 heavy (non-hydrogen) atoms. The van der Waals surface area contributed by atoms with Gasteiger partial charge in [-0.05, 0) is 54.5 Å². The van der Waals surface area contributed by atoms with E-state index in [1.165, 1.54) is 30.3 Å². The predicted octanol–water partition coefficient (Wildman–Crippen LogP) is 3.29. The molecular formula is C19H20F3NO3S. The van der Waals surface area contributed by atoms with E-state index in [0.29, 0.717) is 0 Å². The fourth-order valence-electron chi connectivity index (χ4n) is 3.24. The van der Waals surface area contributed by atoms with E-state index in [-0.39, 0.29) is 4.90 Å². The Balaban J connectivity index is 1.87. The van der Waals surface area contributed by atoms with E-state index >= 15 is 0 Å². The molecule has 1 atom stereocenters. The highest BCUT2D eigenvalue weighted by molar-refractivity contribution is 7.89. The van der Waals surface area contributed by atoms with Crippen molar-refractivity contribution >= 4 is 10.0 Å². The van der Waals surface area contributed by atoms with Gasteiger partial charge < -0.3 is 5.11 Å². The van der Waals surface area contributed by atoms with Crippen LogP contribution < -0.4 is 4.72 Å². The molecule has 1 aliphatic carbocycles. The standard InChI is InChI=1S/C19H20F3NO3S/c20-19(21,22)18(24,16-8-2-1-3-9-16)13-23-27(25,26)17-11-10-14-6-4-5-7-15(14)12-17/h1-3,8-12,23-24H,4-7,13H2/t18-/m0/s1. The van der Waals surface area contributed by atoms with Crippen LogP contribution in [0.3, 0.4) is 0 Å². The van der Waals surface area contributed by atoms with E-state index in [0.717, 1.165) is 48.9 Å². The molecular weight excluding hydrogens is 379 g/mol. The van der Waals surface area contributed by atoms with Crippen molar-refractivity contribution in [1.29, 1.82) is 0 Å². The zero-order valence-electron chi connectivity index (χ0n) is 14.5. The molecule has 0 fully saturated rings. The summed E-state index contributed by atoms with van der Waals surface area (Å²) in [6.07, 6.45) is -1.45. The zero-order chi connectivity index (χ0) is 19.7. The topological polar surface area (TPSA) is 66.4 Å². The van der Waals surface area contributed by atoms with Crippen LogP contribution in [0.1, 0.15) is 29.5 Å². The Labute approximate surface area is 156 Å². The second kappa shape index (κ2) is 7.26. The third-order valence-electron chi connectivity index (χ3n) is 4.87. The van der Waals surface area contributed by atoms with Crippen LogP contribution in [0.2, 0.25) is 0 Å². The second-order valence-electron chi connectivity index (χ2n) is 6.69. The van der Waals surface area contributed by atoms with Crippen molar-refractivity contribution in [3.05, 3.63) is 65.2 Å². The number of alkyl halides is 3. The van der Waals surface area contributed by atoms with Crippen molar-refractivity contribution in [1.82, 2.24) is 4.72 Å². The molecule has 0 bridgehead atoms. The number of nitrogens with one attached hydrogen (secondary N) is 1. The Morgan fingerprint density at radius 1 is 0.963 bits per heavy atom.